The zero-order valence-corrected chi connectivity index (χ0v) is 9.15. The maximum atomic E-state index is 11.2. The molecule has 1 N–H and O–H groups in total. The fourth-order valence-electron chi connectivity index (χ4n) is 1.17. The van der Waals surface area contributed by atoms with Crippen LogP contribution in [0.15, 0.2) is 30.3 Å². The second-order valence-electron chi connectivity index (χ2n) is 3.01. The van der Waals surface area contributed by atoms with E-state index in [9.17, 15) is 9.90 Å². The van der Waals surface area contributed by atoms with Crippen LogP contribution in [0.4, 0.5) is 0 Å². The summed E-state index contributed by atoms with van der Waals surface area (Å²) >= 11 is 5.77. The van der Waals surface area contributed by atoms with Gasteiger partial charge in [0.05, 0.1) is 6.61 Å². The number of hydrogen-bond acceptors (Lipinski definition) is 3. The van der Waals surface area contributed by atoms with Gasteiger partial charge < -0.3 is 9.84 Å². The van der Waals surface area contributed by atoms with Crippen LogP contribution in [0.25, 0.3) is 0 Å². The molecule has 0 aliphatic carbocycles. The SMILES string of the molecule is CCOC(=O)[C@H](Cl)[C@H](O)c1ccccc1. The second-order valence-corrected chi connectivity index (χ2v) is 3.48. The zero-order valence-electron chi connectivity index (χ0n) is 8.39. The highest BCUT2D eigenvalue weighted by Gasteiger charge is 2.26. The minimum Gasteiger partial charge on any atom is -0.465 e. The molecular weight excluding hydrogens is 216 g/mol. The maximum Gasteiger partial charge on any atom is 0.327 e. The molecule has 0 saturated carbocycles. The van der Waals surface area contributed by atoms with Gasteiger partial charge in [0, 0.05) is 0 Å². The van der Waals surface area contributed by atoms with Gasteiger partial charge in [-0.25, -0.2) is 0 Å². The number of rotatable bonds is 4. The zero-order chi connectivity index (χ0) is 11.3. The molecule has 0 saturated heterocycles. The van der Waals surface area contributed by atoms with Crippen molar-refractivity contribution in [3.05, 3.63) is 35.9 Å². The first-order valence-electron chi connectivity index (χ1n) is 4.70. The third-order valence-corrected chi connectivity index (χ3v) is 2.35. The van der Waals surface area contributed by atoms with E-state index in [0.29, 0.717) is 5.56 Å². The number of aliphatic hydroxyl groups excluding tert-OH is 1. The number of halogens is 1. The van der Waals surface area contributed by atoms with Gasteiger partial charge in [-0.3, -0.25) is 4.79 Å². The van der Waals surface area contributed by atoms with Crippen LogP contribution >= 0.6 is 11.6 Å². The van der Waals surface area contributed by atoms with Crippen LogP contribution in [0.2, 0.25) is 0 Å². The second kappa shape index (κ2) is 5.73. The Morgan fingerprint density at radius 3 is 2.60 bits per heavy atom. The van der Waals surface area contributed by atoms with Gasteiger partial charge >= 0.3 is 5.97 Å². The summed E-state index contributed by atoms with van der Waals surface area (Å²) in [5.74, 6) is -0.601. The number of benzene rings is 1. The monoisotopic (exact) mass is 228 g/mol. The Labute approximate surface area is 93.6 Å². The molecule has 0 aromatic heterocycles. The van der Waals surface area contributed by atoms with Crippen LogP contribution < -0.4 is 0 Å². The Balaban J connectivity index is 2.68. The van der Waals surface area contributed by atoms with Gasteiger partial charge in [0.2, 0.25) is 0 Å². The van der Waals surface area contributed by atoms with E-state index in [0.717, 1.165) is 0 Å². The summed E-state index contributed by atoms with van der Waals surface area (Å²) in [6.45, 7) is 1.94. The van der Waals surface area contributed by atoms with Crippen LogP contribution in [0, 0.1) is 0 Å². The van der Waals surface area contributed by atoms with Gasteiger partial charge in [-0.15, -0.1) is 11.6 Å². The lowest BCUT2D eigenvalue weighted by Crippen LogP contribution is -2.25. The van der Waals surface area contributed by atoms with Crippen molar-refractivity contribution in [3.63, 3.8) is 0 Å². The van der Waals surface area contributed by atoms with Gasteiger partial charge in [-0.1, -0.05) is 30.3 Å². The van der Waals surface area contributed by atoms with Crippen molar-refractivity contribution >= 4 is 17.6 Å². The minimum atomic E-state index is -1.06. The van der Waals surface area contributed by atoms with Crippen molar-refractivity contribution in [2.24, 2.45) is 0 Å². The third-order valence-electron chi connectivity index (χ3n) is 1.93. The van der Waals surface area contributed by atoms with Crippen LogP contribution in [0.3, 0.4) is 0 Å². The van der Waals surface area contributed by atoms with E-state index in [1.807, 2.05) is 6.07 Å². The highest BCUT2D eigenvalue weighted by Crippen LogP contribution is 2.21. The molecular formula is C11H13ClO3. The molecule has 2 atom stereocenters. The van der Waals surface area contributed by atoms with E-state index in [1.54, 1.807) is 31.2 Å². The Hall–Kier alpha value is -1.06. The summed E-state index contributed by atoms with van der Waals surface area (Å²) in [7, 11) is 0. The van der Waals surface area contributed by atoms with E-state index in [1.165, 1.54) is 0 Å². The molecule has 3 nitrogen and oxygen atoms in total. The number of aliphatic hydroxyl groups is 1. The maximum absolute atomic E-state index is 11.2. The van der Waals surface area contributed by atoms with Gasteiger partial charge in [-0.05, 0) is 12.5 Å². The lowest BCUT2D eigenvalue weighted by Gasteiger charge is -2.15. The van der Waals surface area contributed by atoms with Crippen LogP contribution in [-0.4, -0.2) is 23.1 Å². The van der Waals surface area contributed by atoms with E-state index >= 15 is 0 Å². The average molecular weight is 229 g/mol. The lowest BCUT2D eigenvalue weighted by atomic mass is 10.1. The van der Waals surface area contributed by atoms with Crippen molar-refractivity contribution in [2.45, 2.75) is 18.4 Å². The largest absolute Gasteiger partial charge is 0.465 e. The predicted octanol–water partition coefficient (Wildman–Crippen LogP) is 1.89. The smallest absolute Gasteiger partial charge is 0.327 e. The fraction of sp³-hybridized carbons (Fsp3) is 0.364. The highest BCUT2D eigenvalue weighted by molar-refractivity contribution is 6.30. The van der Waals surface area contributed by atoms with Crippen molar-refractivity contribution < 1.29 is 14.6 Å². The Morgan fingerprint density at radius 2 is 2.07 bits per heavy atom. The Bertz CT molecular complexity index is 313. The summed E-state index contributed by atoms with van der Waals surface area (Å²) in [6.07, 6.45) is -1.04. The molecule has 0 aliphatic heterocycles. The van der Waals surface area contributed by atoms with Gasteiger partial charge in [0.1, 0.15) is 6.10 Å². The summed E-state index contributed by atoms with van der Waals surface area (Å²) in [4.78, 5) is 11.2. The number of esters is 1. The fourth-order valence-corrected chi connectivity index (χ4v) is 1.38. The van der Waals surface area contributed by atoms with Gasteiger partial charge in [0.15, 0.2) is 5.38 Å². The number of alkyl halides is 1. The first kappa shape index (κ1) is 12.0. The Morgan fingerprint density at radius 1 is 1.47 bits per heavy atom. The van der Waals surface area contributed by atoms with Crippen molar-refractivity contribution in [2.75, 3.05) is 6.61 Å². The standard InChI is InChI=1S/C11H13ClO3/c1-2-15-11(14)9(12)10(13)8-6-4-3-5-7-8/h3-7,9-10,13H,2H2,1H3/t9-,10-/m1/s1. The molecule has 1 aromatic rings. The molecule has 0 heterocycles. The van der Waals surface area contributed by atoms with E-state index in [-0.39, 0.29) is 6.61 Å². The first-order chi connectivity index (χ1) is 7.16. The molecule has 15 heavy (non-hydrogen) atoms. The number of carbonyl (C=O) groups is 1. The quantitative estimate of drug-likeness (QED) is 0.632. The third kappa shape index (κ3) is 3.22. The predicted molar refractivity (Wildman–Crippen MR) is 57.7 cm³/mol. The molecule has 0 amide bonds. The molecule has 0 fully saturated rings. The highest BCUT2D eigenvalue weighted by atomic mass is 35.5. The molecule has 4 heteroatoms. The summed E-state index contributed by atoms with van der Waals surface area (Å²) in [6, 6.07) is 8.78. The molecule has 1 rings (SSSR count). The van der Waals surface area contributed by atoms with Crippen LogP contribution in [-0.2, 0) is 9.53 Å². The van der Waals surface area contributed by atoms with Crippen molar-refractivity contribution in [1.82, 2.24) is 0 Å². The topological polar surface area (TPSA) is 46.5 Å². The van der Waals surface area contributed by atoms with E-state index < -0.39 is 17.5 Å². The van der Waals surface area contributed by atoms with Crippen molar-refractivity contribution in [1.29, 1.82) is 0 Å². The van der Waals surface area contributed by atoms with Crippen LogP contribution in [0.1, 0.15) is 18.6 Å². The molecule has 0 spiro atoms. The van der Waals surface area contributed by atoms with Crippen molar-refractivity contribution in [3.8, 4) is 0 Å². The summed E-state index contributed by atoms with van der Waals surface area (Å²) in [5, 5.41) is 8.69. The van der Waals surface area contributed by atoms with Gasteiger partial charge in [-0.2, -0.15) is 0 Å². The lowest BCUT2D eigenvalue weighted by molar-refractivity contribution is -0.144. The Kier molecular flexibility index (Phi) is 4.59. The van der Waals surface area contributed by atoms with Crippen LogP contribution in [0.5, 0.6) is 0 Å². The van der Waals surface area contributed by atoms with E-state index in [2.05, 4.69) is 0 Å². The molecule has 0 radical (unpaired) electrons. The number of hydrogen-bond donors (Lipinski definition) is 1. The first-order valence-corrected chi connectivity index (χ1v) is 5.14. The molecule has 82 valence electrons. The molecule has 0 aliphatic rings. The average Bonchev–Trinajstić information content (AvgIpc) is 2.28. The number of ether oxygens (including phenoxy) is 1. The number of carbonyl (C=O) groups excluding carboxylic acids is 1. The van der Waals surface area contributed by atoms with E-state index in [4.69, 9.17) is 16.3 Å². The van der Waals surface area contributed by atoms with Gasteiger partial charge in [0.25, 0.3) is 0 Å². The summed E-state index contributed by atoms with van der Waals surface area (Å²) < 4.78 is 4.72. The normalized spacial score (nSPS) is 14.3. The molecule has 1 aromatic carbocycles. The summed E-state index contributed by atoms with van der Waals surface area (Å²) in [5.41, 5.74) is 0.602. The molecule has 0 bridgehead atoms. The minimum absolute atomic E-state index is 0.254. The molecule has 0 unspecified atom stereocenters.